The summed E-state index contributed by atoms with van der Waals surface area (Å²) in [6.45, 7) is 2.51. The minimum Gasteiger partial charge on any atom is -0.295 e. The van der Waals surface area contributed by atoms with Crippen molar-refractivity contribution in [2.75, 3.05) is 11.4 Å². The van der Waals surface area contributed by atoms with E-state index in [0.29, 0.717) is 18.0 Å². The molecule has 0 aromatic carbocycles. The third-order valence-corrected chi connectivity index (χ3v) is 5.91. The molecule has 136 valence electrons. The number of carbonyl (C=O) groups is 1. The van der Waals surface area contributed by atoms with Crippen molar-refractivity contribution in [1.29, 1.82) is 5.26 Å². The first-order chi connectivity index (χ1) is 13.0. The Hall–Kier alpha value is -3.21. The average Bonchev–Trinajstić information content (AvgIpc) is 3.12. The molecule has 0 spiro atoms. The minimum absolute atomic E-state index is 0.0249. The van der Waals surface area contributed by atoms with E-state index in [9.17, 15) is 10.1 Å². The maximum Gasteiger partial charge on any atom is 0.249 e. The van der Waals surface area contributed by atoms with Crippen molar-refractivity contribution in [2.24, 2.45) is 24.3 Å². The predicted molar refractivity (Wildman–Crippen MR) is 97.5 cm³/mol. The molecule has 8 heteroatoms. The molecule has 2 fully saturated rings. The Morgan fingerprint density at radius 3 is 2.74 bits per heavy atom. The number of aryl methyl sites for hydroxylation is 1. The molecule has 0 bridgehead atoms. The molecule has 2 aliphatic rings. The number of amides is 1. The number of aromatic nitrogens is 5. The van der Waals surface area contributed by atoms with Gasteiger partial charge in [-0.2, -0.15) is 20.0 Å². The number of nitriles is 1. The molecule has 5 rings (SSSR count). The van der Waals surface area contributed by atoms with Gasteiger partial charge in [0.2, 0.25) is 5.91 Å². The molecule has 1 saturated carbocycles. The van der Waals surface area contributed by atoms with E-state index in [4.69, 9.17) is 0 Å². The second kappa shape index (κ2) is 5.39. The quantitative estimate of drug-likeness (QED) is 0.712. The molecule has 0 N–H and O–H groups in total. The van der Waals surface area contributed by atoms with Crippen LogP contribution < -0.4 is 4.90 Å². The fourth-order valence-corrected chi connectivity index (χ4v) is 4.33. The molecule has 1 aliphatic heterocycles. The van der Waals surface area contributed by atoms with E-state index in [1.54, 1.807) is 20.3 Å². The third-order valence-electron chi connectivity index (χ3n) is 5.91. The largest absolute Gasteiger partial charge is 0.295 e. The van der Waals surface area contributed by atoms with Crippen LogP contribution in [0.5, 0.6) is 0 Å². The molecule has 1 amide bonds. The summed E-state index contributed by atoms with van der Waals surface area (Å²) in [5.41, 5.74) is 1.60. The van der Waals surface area contributed by atoms with Crippen LogP contribution in [0.4, 0.5) is 5.82 Å². The normalized spacial score (nSPS) is 25.3. The number of nitrogens with zero attached hydrogens (tertiary/aromatic N) is 7. The lowest BCUT2D eigenvalue weighted by molar-refractivity contribution is -0.124. The number of fused-ring (bicyclic) bond motifs is 1. The average molecular weight is 361 g/mol. The van der Waals surface area contributed by atoms with Gasteiger partial charge in [0, 0.05) is 31.3 Å². The second-order valence-corrected chi connectivity index (χ2v) is 7.61. The lowest BCUT2D eigenvalue weighted by Gasteiger charge is -2.23. The molecule has 3 aromatic rings. The molecule has 2 atom stereocenters. The van der Waals surface area contributed by atoms with Crippen LogP contribution in [-0.4, -0.2) is 36.8 Å². The third kappa shape index (κ3) is 2.14. The van der Waals surface area contributed by atoms with Crippen molar-refractivity contribution in [3.05, 3.63) is 30.9 Å². The Morgan fingerprint density at radius 1 is 1.26 bits per heavy atom. The molecule has 4 heterocycles. The van der Waals surface area contributed by atoms with E-state index in [0.717, 1.165) is 24.0 Å². The molecule has 3 aromatic heterocycles. The minimum atomic E-state index is -0.919. The SMILES string of the molecule is C[C@@H]1CN(c2cc(-c3cnn(C)c3)cc3ncnn23)C(=O)[C@]1(C#N)C1CC1. The maximum atomic E-state index is 13.4. The zero-order valence-corrected chi connectivity index (χ0v) is 15.2. The van der Waals surface area contributed by atoms with Gasteiger partial charge in [-0.3, -0.25) is 14.4 Å². The Kier molecular flexibility index (Phi) is 3.20. The van der Waals surface area contributed by atoms with Gasteiger partial charge in [-0.05, 0) is 36.5 Å². The maximum absolute atomic E-state index is 13.4. The van der Waals surface area contributed by atoms with Crippen LogP contribution in [0.1, 0.15) is 19.8 Å². The van der Waals surface area contributed by atoms with Gasteiger partial charge in [-0.15, -0.1) is 0 Å². The van der Waals surface area contributed by atoms with E-state index in [1.165, 1.54) is 6.33 Å². The van der Waals surface area contributed by atoms with Crippen LogP contribution in [0, 0.1) is 28.6 Å². The van der Waals surface area contributed by atoms with Gasteiger partial charge in [0.1, 0.15) is 17.6 Å². The number of carbonyl (C=O) groups excluding carboxylic acids is 1. The van der Waals surface area contributed by atoms with E-state index in [1.807, 2.05) is 32.3 Å². The molecular formula is C19H19N7O. The standard InChI is InChI=1S/C19H19N7O/c1-12-8-25(18(27)19(12,10-20)15-3-4-15)17-6-13(14-7-22-24(2)9-14)5-16-21-11-23-26(16)17/h5-7,9,11-12,15H,3-4,8H2,1-2H3/t12-,19+/m1/s1. The van der Waals surface area contributed by atoms with E-state index in [2.05, 4.69) is 21.3 Å². The highest BCUT2D eigenvalue weighted by Crippen LogP contribution is 2.54. The van der Waals surface area contributed by atoms with E-state index in [-0.39, 0.29) is 17.7 Å². The first-order valence-electron chi connectivity index (χ1n) is 9.10. The molecule has 1 aliphatic carbocycles. The monoisotopic (exact) mass is 361 g/mol. The summed E-state index contributed by atoms with van der Waals surface area (Å²) in [5, 5.41) is 18.4. The zero-order chi connectivity index (χ0) is 18.8. The molecule has 8 nitrogen and oxygen atoms in total. The summed E-state index contributed by atoms with van der Waals surface area (Å²) >= 11 is 0. The van der Waals surface area contributed by atoms with Crippen LogP contribution in [0.15, 0.2) is 30.9 Å². The van der Waals surface area contributed by atoms with Gasteiger partial charge in [0.15, 0.2) is 5.65 Å². The van der Waals surface area contributed by atoms with Gasteiger partial charge in [0.25, 0.3) is 0 Å². The first-order valence-corrected chi connectivity index (χ1v) is 9.10. The van der Waals surface area contributed by atoms with Crippen molar-refractivity contribution < 1.29 is 4.79 Å². The number of rotatable bonds is 3. The topological polar surface area (TPSA) is 92.1 Å². The summed E-state index contributed by atoms with van der Waals surface area (Å²) in [4.78, 5) is 19.4. The Balaban J connectivity index is 1.66. The summed E-state index contributed by atoms with van der Waals surface area (Å²) in [5.74, 6) is 0.685. The fraction of sp³-hybridized carbons (Fsp3) is 0.421. The van der Waals surface area contributed by atoms with Gasteiger partial charge in [0.05, 0.1) is 12.3 Å². The van der Waals surface area contributed by atoms with Gasteiger partial charge in [-0.25, -0.2) is 4.98 Å². The van der Waals surface area contributed by atoms with E-state index >= 15 is 0 Å². The zero-order valence-electron chi connectivity index (χ0n) is 15.2. The van der Waals surface area contributed by atoms with Crippen LogP contribution in [0.2, 0.25) is 0 Å². The second-order valence-electron chi connectivity index (χ2n) is 7.61. The highest BCUT2D eigenvalue weighted by atomic mass is 16.2. The smallest absolute Gasteiger partial charge is 0.249 e. The van der Waals surface area contributed by atoms with Gasteiger partial charge >= 0.3 is 0 Å². The van der Waals surface area contributed by atoms with Crippen molar-refractivity contribution in [3.8, 4) is 17.2 Å². The van der Waals surface area contributed by atoms with Crippen molar-refractivity contribution in [1.82, 2.24) is 24.4 Å². The number of hydrogen-bond donors (Lipinski definition) is 0. The Labute approximate surface area is 156 Å². The van der Waals surface area contributed by atoms with Crippen LogP contribution >= 0.6 is 0 Å². The number of anilines is 1. The van der Waals surface area contributed by atoms with Gasteiger partial charge < -0.3 is 0 Å². The molecular weight excluding hydrogens is 342 g/mol. The predicted octanol–water partition coefficient (Wildman–Crippen LogP) is 2.03. The summed E-state index contributed by atoms with van der Waals surface area (Å²) < 4.78 is 3.41. The summed E-state index contributed by atoms with van der Waals surface area (Å²) in [6.07, 6.45) is 7.08. The lowest BCUT2D eigenvalue weighted by atomic mass is 9.75. The molecule has 0 radical (unpaired) electrons. The Bertz CT molecular complexity index is 1100. The van der Waals surface area contributed by atoms with Crippen molar-refractivity contribution in [2.45, 2.75) is 19.8 Å². The first kappa shape index (κ1) is 16.0. The van der Waals surface area contributed by atoms with Crippen LogP contribution in [-0.2, 0) is 11.8 Å². The van der Waals surface area contributed by atoms with Crippen LogP contribution in [0.25, 0.3) is 16.8 Å². The van der Waals surface area contributed by atoms with Gasteiger partial charge in [-0.1, -0.05) is 6.92 Å². The van der Waals surface area contributed by atoms with Crippen LogP contribution in [0.3, 0.4) is 0 Å². The highest BCUT2D eigenvalue weighted by Gasteiger charge is 2.61. The van der Waals surface area contributed by atoms with Crippen molar-refractivity contribution >= 4 is 17.4 Å². The highest BCUT2D eigenvalue weighted by molar-refractivity contribution is 6.02. The molecule has 0 unspecified atom stereocenters. The number of hydrogen-bond acceptors (Lipinski definition) is 5. The van der Waals surface area contributed by atoms with Crippen molar-refractivity contribution in [3.63, 3.8) is 0 Å². The summed E-state index contributed by atoms with van der Waals surface area (Å²) in [7, 11) is 1.86. The Morgan fingerprint density at radius 2 is 2.07 bits per heavy atom. The fourth-order valence-electron chi connectivity index (χ4n) is 4.33. The van der Waals surface area contributed by atoms with E-state index < -0.39 is 5.41 Å². The molecule has 1 saturated heterocycles. The lowest BCUT2D eigenvalue weighted by Crippen LogP contribution is -2.37. The summed E-state index contributed by atoms with van der Waals surface area (Å²) in [6, 6.07) is 6.24. The molecule has 27 heavy (non-hydrogen) atoms. The number of pyridine rings is 1.